The van der Waals surface area contributed by atoms with Gasteiger partial charge in [-0.25, -0.2) is 4.98 Å². The van der Waals surface area contributed by atoms with E-state index in [2.05, 4.69) is 4.98 Å². The Kier molecular flexibility index (Phi) is 6.71. The highest BCUT2D eigenvalue weighted by Crippen LogP contribution is 2.36. The first-order valence-electron chi connectivity index (χ1n) is 8.36. The van der Waals surface area contributed by atoms with Gasteiger partial charge in [-0.05, 0) is 30.7 Å². The summed E-state index contributed by atoms with van der Waals surface area (Å²) in [4.78, 5) is 18.0. The number of pyridine rings is 1. The molecular weight excluding hydrogens is 377 g/mol. The van der Waals surface area contributed by atoms with Crippen LogP contribution in [0.25, 0.3) is 0 Å². The minimum atomic E-state index is -4.72. The number of amides is 1. The van der Waals surface area contributed by atoms with Gasteiger partial charge in [-0.3, -0.25) is 4.79 Å². The molecule has 9 heteroatoms. The van der Waals surface area contributed by atoms with E-state index in [4.69, 9.17) is 14.2 Å². The molecule has 0 aliphatic heterocycles. The minimum Gasteiger partial charge on any atom is -0.497 e. The van der Waals surface area contributed by atoms with Crippen LogP contribution in [0.1, 0.15) is 28.4 Å². The molecule has 152 valence electrons. The second kappa shape index (κ2) is 8.81. The summed E-state index contributed by atoms with van der Waals surface area (Å²) >= 11 is 0. The van der Waals surface area contributed by atoms with Crippen LogP contribution in [0.5, 0.6) is 17.4 Å². The summed E-state index contributed by atoms with van der Waals surface area (Å²) < 4.78 is 55.6. The standard InChI is InChI=1S/C19H21F3N2O4/c1-5-24(11-12-8-13(26-2)10-14(9-12)27-3)18(25)16-15(19(20,21)22)6-7-23-17(16)28-4/h6-10H,5,11H2,1-4H3. The van der Waals surface area contributed by atoms with Crippen molar-refractivity contribution in [1.82, 2.24) is 9.88 Å². The summed E-state index contributed by atoms with van der Waals surface area (Å²) in [5, 5.41) is 0. The number of aromatic nitrogens is 1. The lowest BCUT2D eigenvalue weighted by molar-refractivity contribution is -0.138. The van der Waals surface area contributed by atoms with Gasteiger partial charge in [0, 0.05) is 25.4 Å². The van der Waals surface area contributed by atoms with Gasteiger partial charge >= 0.3 is 6.18 Å². The minimum absolute atomic E-state index is 0.0538. The van der Waals surface area contributed by atoms with E-state index in [-0.39, 0.29) is 19.0 Å². The predicted octanol–water partition coefficient (Wildman–Crippen LogP) is 3.79. The number of benzene rings is 1. The van der Waals surface area contributed by atoms with Crippen molar-refractivity contribution < 1.29 is 32.2 Å². The van der Waals surface area contributed by atoms with Crippen molar-refractivity contribution in [2.75, 3.05) is 27.9 Å². The molecule has 6 nitrogen and oxygen atoms in total. The van der Waals surface area contributed by atoms with E-state index in [9.17, 15) is 18.0 Å². The molecule has 28 heavy (non-hydrogen) atoms. The molecule has 1 heterocycles. The lowest BCUT2D eigenvalue weighted by Gasteiger charge is -2.24. The highest BCUT2D eigenvalue weighted by Gasteiger charge is 2.38. The van der Waals surface area contributed by atoms with Crippen LogP contribution >= 0.6 is 0 Å². The number of carbonyl (C=O) groups excluding carboxylic acids is 1. The highest BCUT2D eigenvalue weighted by molar-refractivity contribution is 5.98. The number of methoxy groups -OCH3 is 3. The zero-order valence-electron chi connectivity index (χ0n) is 16.0. The topological polar surface area (TPSA) is 60.9 Å². The molecule has 1 amide bonds. The smallest absolute Gasteiger partial charge is 0.417 e. The van der Waals surface area contributed by atoms with Gasteiger partial charge in [0.2, 0.25) is 5.88 Å². The zero-order valence-corrected chi connectivity index (χ0v) is 16.0. The summed E-state index contributed by atoms with van der Waals surface area (Å²) in [5.41, 5.74) is -1.07. The number of hydrogen-bond donors (Lipinski definition) is 0. The van der Waals surface area contributed by atoms with Crippen molar-refractivity contribution in [2.45, 2.75) is 19.6 Å². The van der Waals surface area contributed by atoms with Crippen LogP contribution < -0.4 is 14.2 Å². The number of rotatable bonds is 7. The average Bonchev–Trinajstić information content (AvgIpc) is 2.69. The van der Waals surface area contributed by atoms with Crippen molar-refractivity contribution in [1.29, 1.82) is 0 Å². The van der Waals surface area contributed by atoms with E-state index < -0.39 is 23.2 Å². The van der Waals surface area contributed by atoms with Crippen molar-refractivity contribution in [2.24, 2.45) is 0 Å². The van der Waals surface area contributed by atoms with Gasteiger partial charge in [-0.15, -0.1) is 0 Å². The first-order valence-corrected chi connectivity index (χ1v) is 8.36. The van der Waals surface area contributed by atoms with E-state index in [1.165, 1.54) is 26.2 Å². The normalized spacial score (nSPS) is 11.1. The maximum atomic E-state index is 13.4. The van der Waals surface area contributed by atoms with Crippen molar-refractivity contribution in [3.8, 4) is 17.4 Å². The second-order valence-corrected chi connectivity index (χ2v) is 5.78. The average molecular weight is 398 g/mol. The number of carbonyl (C=O) groups is 1. The molecule has 0 saturated heterocycles. The van der Waals surface area contributed by atoms with Gasteiger partial charge in [0.1, 0.15) is 17.1 Å². The van der Waals surface area contributed by atoms with Crippen LogP contribution in [-0.4, -0.2) is 43.7 Å². The fourth-order valence-corrected chi connectivity index (χ4v) is 2.70. The molecule has 0 atom stereocenters. The van der Waals surface area contributed by atoms with Gasteiger partial charge in [0.25, 0.3) is 5.91 Å². The molecule has 0 fully saturated rings. The van der Waals surface area contributed by atoms with Gasteiger partial charge in [-0.2, -0.15) is 13.2 Å². The molecule has 0 aliphatic carbocycles. The molecule has 0 aliphatic rings. The van der Waals surface area contributed by atoms with Crippen LogP contribution in [0.15, 0.2) is 30.5 Å². The van der Waals surface area contributed by atoms with Crippen LogP contribution in [0.3, 0.4) is 0 Å². The van der Waals surface area contributed by atoms with Crippen molar-refractivity contribution in [3.05, 3.63) is 47.2 Å². The molecule has 1 aromatic heterocycles. The van der Waals surface area contributed by atoms with Gasteiger partial charge in [0.05, 0.1) is 26.9 Å². The maximum absolute atomic E-state index is 13.4. The number of nitrogens with zero attached hydrogens (tertiary/aromatic N) is 2. The largest absolute Gasteiger partial charge is 0.497 e. The molecule has 1 aromatic carbocycles. The van der Waals surface area contributed by atoms with Crippen LogP contribution in [0.4, 0.5) is 13.2 Å². The molecule has 2 rings (SSSR count). The molecule has 2 aromatic rings. The van der Waals surface area contributed by atoms with Crippen molar-refractivity contribution in [3.63, 3.8) is 0 Å². The Labute approximate surface area is 160 Å². The summed E-state index contributed by atoms with van der Waals surface area (Å²) in [6.45, 7) is 1.90. The molecule has 0 spiro atoms. The summed E-state index contributed by atoms with van der Waals surface area (Å²) in [5.74, 6) is -0.191. The molecular formula is C19H21F3N2O4. The maximum Gasteiger partial charge on any atom is 0.417 e. The van der Waals surface area contributed by atoms with E-state index in [1.807, 2.05) is 0 Å². The Bertz CT molecular complexity index is 818. The Hall–Kier alpha value is -2.97. The summed E-state index contributed by atoms with van der Waals surface area (Å²) in [6, 6.07) is 5.79. The van der Waals surface area contributed by atoms with Crippen LogP contribution in [0, 0.1) is 0 Å². The monoisotopic (exact) mass is 398 g/mol. The Balaban J connectivity index is 2.45. The molecule has 0 radical (unpaired) electrons. The summed E-state index contributed by atoms with van der Waals surface area (Å²) in [6.07, 6.45) is -3.76. The van der Waals surface area contributed by atoms with Crippen LogP contribution in [-0.2, 0) is 12.7 Å². The van der Waals surface area contributed by atoms with E-state index in [1.54, 1.807) is 25.1 Å². The number of alkyl halides is 3. The number of ether oxygens (including phenoxy) is 3. The molecule has 0 saturated carbocycles. The van der Waals surface area contributed by atoms with Gasteiger partial charge < -0.3 is 19.1 Å². The lowest BCUT2D eigenvalue weighted by atomic mass is 10.1. The molecule has 0 unspecified atom stereocenters. The third-order valence-corrected chi connectivity index (χ3v) is 4.08. The Morgan fingerprint density at radius 2 is 1.68 bits per heavy atom. The first kappa shape index (κ1) is 21.3. The SMILES string of the molecule is CCN(Cc1cc(OC)cc(OC)c1)C(=O)c1c(C(F)(F)F)ccnc1OC. The highest BCUT2D eigenvalue weighted by atomic mass is 19.4. The Morgan fingerprint density at radius 1 is 1.07 bits per heavy atom. The predicted molar refractivity (Wildman–Crippen MR) is 95.8 cm³/mol. The van der Waals surface area contributed by atoms with E-state index in [0.29, 0.717) is 17.1 Å². The Morgan fingerprint density at radius 3 is 2.14 bits per heavy atom. The van der Waals surface area contributed by atoms with Crippen molar-refractivity contribution >= 4 is 5.91 Å². The fraction of sp³-hybridized carbons (Fsp3) is 0.368. The van der Waals surface area contributed by atoms with Crippen LogP contribution in [0.2, 0.25) is 0 Å². The zero-order chi connectivity index (χ0) is 20.9. The lowest BCUT2D eigenvalue weighted by Crippen LogP contribution is -2.32. The summed E-state index contributed by atoms with van der Waals surface area (Å²) in [7, 11) is 4.14. The molecule has 0 N–H and O–H groups in total. The van der Waals surface area contributed by atoms with E-state index in [0.717, 1.165) is 12.3 Å². The second-order valence-electron chi connectivity index (χ2n) is 5.78. The third kappa shape index (κ3) is 4.65. The van der Waals surface area contributed by atoms with E-state index >= 15 is 0 Å². The van der Waals surface area contributed by atoms with Gasteiger partial charge in [0.15, 0.2) is 0 Å². The fourth-order valence-electron chi connectivity index (χ4n) is 2.70. The number of hydrogen-bond acceptors (Lipinski definition) is 5. The number of halogens is 3. The quantitative estimate of drug-likeness (QED) is 0.710. The third-order valence-electron chi connectivity index (χ3n) is 4.08. The first-order chi connectivity index (χ1) is 13.2. The molecule has 0 bridgehead atoms. The van der Waals surface area contributed by atoms with Gasteiger partial charge in [-0.1, -0.05) is 0 Å².